The Hall–Kier alpha value is -2.78. The van der Waals surface area contributed by atoms with E-state index in [9.17, 15) is 13.2 Å². The third kappa shape index (κ3) is 6.11. The first-order chi connectivity index (χ1) is 14.3. The van der Waals surface area contributed by atoms with Crippen molar-refractivity contribution in [3.63, 3.8) is 0 Å². The highest BCUT2D eigenvalue weighted by Gasteiger charge is 2.21. The number of carbonyl (C=O) groups is 1. The molecule has 0 aliphatic heterocycles. The van der Waals surface area contributed by atoms with Crippen molar-refractivity contribution < 1.29 is 27.4 Å². The quantitative estimate of drug-likeness (QED) is 0.541. The minimum atomic E-state index is -3.68. The number of nitrogens with zero attached hydrogens (tertiary/aromatic N) is 1. The van der Waals surface area contributed by atoms with E-state index in [-0.39, 0.29) is 24.5 Å². The van der Waals surface area contributed by atoms with Gasteiger partial charge in [0, 0.05) is 31.9 Å². The lowest BCUT2D eigenvalue weighted by Crippen LogP contribution is -2.29. The van der Waals surface area contributed by atoms with Crippen LogP contribution in [0.3, 0.4) is 0 Å². The minimum Gasteiger partial charge on any atom is -0.493 e. The van der Waals surface area contributed by atoms with E-state index in [4.69, 9.17) is 14.2 Å². The summed E-state index contributed by atoms with van der Waals surface area (Å²) in [6.07, 6.45) is 0.0108. The van der Waals surface area contributed by atoms with E-state index in [1.807, 2.05) is 18.2 Å². The molecule has 0 heterocycles. The Morgan fingerprint density at radius 1 is 1.03 bits per heavy atom. The van der Waals surface area contributed by atoms with Crippen molar-refractivity contribution in [2.75, 3.05) is 39.7 Å². The SMILES string of the molecule is CCOC(=O)CCN(C)S(=O)(=O)c1ccc(CNc2ccc(OC)c(OC)c2)cc1. The topological polar surface area (TPSA) is 94.2 Å². The van der Waals surface area contributed by atoms with Gasteiger partial charge in [-0.2, -0.15) is 0 Å². The fourth-order valence-electron chi connectivity index (χ4n) is 2.71. The third-order valence-electron chi connectivity index (χ3n) is 4.45. The molecule has 2 aromatic carbocycles. The Labute approximate surface area is 177 Å². The van der Waals surface area contributed by atoms with Gasteiger partial charge in [0.15, 0.2) is 11.5 Å². The van der Waals surface area contributed by atoms with Gasteiger partial charge in [-0.15, -0.1) is 0 Å². The monoisotopic (exact) mass is 436 g/mol. The summed E-state index contributed by atoms with van der Waals surface area (Å²) in [5.74, 6) is 0.843. The molecular formula is C21H28N2O6S. The van der Waals surface area contributed by atoms with Crippen LogP contribution in [0.4, 0.5) is 5.69 Å². The Balaban J connectivity index is 1.99. The molecule has 2 rings (SSSR count). The number of methoxy groups -OCH3 is 2. The fraction of sp³-hybridized carbons (Fsp3) is 0.381. The Bertz CT molecular complexity index is 944. The Kier molecular flexibility index (Phi) is 8.49. The van der Waals surface area contributed by atoms with Gasteiger partial charge in [0.25, 0.3) is 0 Å². The molecule has 0 saturated heterocycles. The number of rotatable bonds is 11. The van der Waals surface area contributed by atoms with Crippen LogP contribution in [0, 0.1) is 0 Å². The molecule has 0 unspecified atom stereocenters. The lowest BCUT2D eigenvalue weighted by atomic mass is 10.2. The van der Waals surface area contributed by atoms with Gasteiger partial charge in [0.05, 0.1) is 32.1 Å². The van der Waals surface area contributed by atoms with E-state index in [1.54, 1.807) is 45.4 Å². The molecule has 0 amide bonds. The molecule has 0 fully saturated rings. The van der Waals surface area contributed by atoms with Crippen molar-refractivity contribution in [2.24, 2.45) is 0 Å². The highest BCUT2D eigenvalue weighted by molar-refractivity contribution is 7.89. The van der Waals surface area contributed by atoms with Crippen LogP contribution >= 0.6 is 0 Å². The van der Waals surface area contributed by atoms with E-state index >= 15 is 0 Å². The minimum absolute atomic E-state index is 0.0108. The van der Waals surface area contributed by atoms with Crippen LogP contribution in [0.15, 0.2) is 47.4 Å². The van der Waals surface area contributed by atoms with Gasteiger partial charge in [0.2, 0.25) is 10.0 Å². The number of benzene rings is 2. The van der Waals surface area contributed by atoms with Gasteiger partial charge in [-0.25, -0.2) is 12.7 Å². The normalized spacial score (nSPS) is 11.2. The summed E-state index contributed by atoms with van der Waals surface area (Å²) in [5.41, 5.74) is 1.76. The zero-order valence-corrected chi connectivity index (χ0v) is 18.5. The first kappa shape index (κ1) is 23.5. The molecule has 9 heteroatoms. The second kappa shape index (κ2) is 10.8. The van der Waals surface area contributed by atoms with Crippen molar-refractivity contribution in [1.29, 1.82) is 0 Å². The summed E-state index contributed by atoms with van der Waals surface area (Å²) in [6.45, 7) is 2.55. The summed E-state index contributed by atoms with van der Waals surface area (Å²) < 4.78 is 41.8. The molecule has 30 heavy (non-hydrogen) atoms. The predicted molar refractivity (Wildman–Crippen MR) is 114 cm³/mol. The number of esters is 1. The summed E-state index contributed by atoms with van der Waals surface area (Å²) in [5, 5.41) is 3.27. The van der Waals surface area contributed by atoms with Crippen molar-refractivity contribution in [2.45, 2.75) is 24.8 Å². The number of hydrogen-bond acceptors (Lipinski definition) is 7. The van der Waals surface area contributed by atoms with Gasteiger partial charge in [0.1, 0.15) is 0 Å². The molecular weight excluding hydrogens is 408 g/mol. The van der Waals surface area contributed by atoms with Crippen molar-refractivity contribution in [1.82, 2.24) is 4.31 Å². The van der Waals surface area contributed by atoms with Crippen LogP contribution in [0.1, 0.15) is 18.9 Å². The molecule has 0 aliphatic rings. The molecule has 0 aliphatic carbocycles. The van der Waals surface area contributed by atoms with Gasteiger partial charge in [-0.1, -0.05) is 12.1 Å². The van der Waals surface area contributed by atoms with Crippen LogP contribution in [0.25, 0.3) is 0 Å². The van der Waals surface area contributed by atoms with Gasteiger partial charge < -0.3 is 19.5 Å². The second-order valence-corrected chi connectivity index (χ2v) is 8.49. The van der Waals surface area contributed by atoms with Crippen LogP contribution in [0.5, 0.6) is 11.5 Å². The zero-order chi connectivity index (χ0) is 22.1. The third-order valence-corrected chi connectivity index (χ3v) is 6.32. The van der Waals surface area contributed by atoms with Crippen LogP contribution in [0.2, 0.25) is 0 Å². The first-order valence-electron chi connectivity index (χ1n) is 9.48. The molecule has 0 saturated carbocycles. The Morgan fingerprint density at radius 3 is 2.30 bits per heavy atom. The predicted octanol–water partition coefficient (Wildman–Crippen LogP) is 2.89. The maximum Gasteiger partial charge on any atom is 0.307 e. The summed E-state index contributed by atoms with van der Waals surface area (Å²) in [7, 11) is 0.922. The number of anilines is 1. The van der Waals surface area contributed by atoms with E-state index in [2.05, 4.69) is 5.32 Å². The van der Waals surface area contributed by atoms with Crippen LogP contribution < -0.4 is 14.8 Å². The highest BCUT2D eigenvalue weighted by Crippen LogP contribution is 2.30. The lowest BCUT2D eigenvalue weighted by Gasteiger charge is -2.17. The molecule has 8 nitrogen and oxygen atoms in total. The van der Waals surface area contributed by atoms with Crippen LogP contribution in [-0.2, 0) is 26.1 Å². The molecule has 0 radical (unpaired) electrons. The van der Waals surface area contributed by atoms with Gasteiger partial charge in [-0.05, 0) is 36.8 Å². The van der Waals surface area contributed by atoms with Crippen LogP contribution in [-0.4, -0.2) is 53.1 Å². The summed E-state index contributed by atoms with van der Waals surface area (Å²) in [6, 6.07) is 12.1. The second-order valence-electron chi connectivity index (χ2n) is 6.45. The fourth-order valence-corrected chi connectivity index (χ4v) is 3.88. The maximum absolute atomic E-state index is 12.7. The Morgan fingerprint density at radius 2 is 1.70 bits per heavy atom. The van der Waals surface area contributed by atoms with E-state index in [0.717, 1.165) is 15.6 Å². The average molecular weight is 437 g/mol. The lowest BCUT2D eigenvalue weighted by molar-refractivity contribution is -0.143. The molecule has 1 N–H and O–H groups in total. The number of hydrogen-bond donors (Lipinski definition) is 1. The van der Waals surface area contributed by atoms with Gasteiger partial charge >= 0.3 is 5.97 Å². The summed E-state index contributed by atoms with van der Waals surface area (Å²) in [4.78, 5) is 11.6. The molecule has 0 spiro atoms. The molecule has 2 aromatic rings. The first-order valence-corrected chi connectivity index (χ1v) is 10.9. The molecule has 164 valence electrons. The van der Waals surface area contributed by atoms with E-state index in [0.29, 0.717) is 18.0 Å². The molecule has 0 aromatic heterocycles. The highest BCUT2D eigenvalue weighted by atomic mass is 32.2. The van der Waals surface area contributed by atoms with E-state index in [1.165, 1.54) is 7.05 Å². The van der Waals surface area contributed by atoms with Gasteiger partial charge in [-0.3, -0.25) is 4.79 Å². The largest absolute Gasteiger partial charge is 0.493 e. The van der Waals surface area contributed by atoms with Crippen molar-refractivity contribution >= 4 is 21.7 Å². The average Bonchev–Trinajstić information content (AvgIpc) is 2.76. The molecule has 0 atom stereocenters. The number of carbonyl (C=O) groups excluding carboxylic acids is 1. The zero-order valence-electron chi connectivity index (χ0n) is 17.7. The number of ether oxygens (including phenoxy) is 3. The number of nitrogens with one attached hydrogen (secondary N) is 1. The number of sulfonamides is 1. The summed E-state index contributed by atoms with van der Waals surface area (Å²) >= 11 is 0. The maximum atomic E-state index is 12.7. The van der Waals surface area contributed by atoms with Crippen molar-refractivity contribution in [3.8, 4) is 11.5 Å². The van der Waals surface area contributed by atoms with E-state index < -0.39 is 16.0 Å². The smallest absolute Gasteiger partial charge is 0.307 e. The van der Waals surface area contributed by atoms with Crippen molar-refractivity contribution in [3.05, 3.63) is 48.0 Å². The standard InChI is InChI=1S/C21H28N2O6S/c1-5-29-21(24)12-13-23(2)30(25,26)18-9-6-16(7-10-18)15-22-17-8-11-19(27-3)20(14-17)28-4/h6-11,14,22H,5,12-13,15H2,1-4H3. The molecule has 0 bridgehead atoms.